The highest BCUT2D eigenvalue weighted by molar-refractivity contribution is 9.10. The minimum Gasteiger partial charge on any atom is -0.341 e. The fourth-order valence-electron chi connectivity index (χ4n) is 1.69. The van der Waals surface area contributed by atoms with Gasteiger partial charge in [0.25, 0.3) is 5.91 Å². The van der Waals surface area contributed by atoms with Crippen molar-refractivity contribution < 1.29 is 9.18 Å². The molecule has 0 aliphatic rings. The molecule has 21 heavy (non-hydrogen) atoms. The Morgan fingerprint density at radius 3 is 3.00 bits per heavy atom. The number of aromatic amines is 1. The van der Waals surface area contributed by atoms with Crippen LogP contribution in [0.15, 0.2) is 29.0 Å². The Morgan fingerprint density at radius 1 is 1.38 bits per heavy atom. The Bertz CT molecular complexity index is 853. The van der Waals surface area contributed by atoms with Crippen molar-refractivity contribution in [1.82, 2.24) is 19.9 Å². The molecule has 2 aromatic heterocycles. The number of carbonyl (C=O) groups is 1. The monoisotopic (exact) mass is 369 g/mol. The predicted octanol–water partition coefficient (Wildman–Crippen LogP) is 3.16. The molecule has 0 bridgehead atoms. The molecule has 0 aliphatic carbocycles. The van der Waals surface area contributed by atoms with Crippen LogP contribution in [0.4, 0.5) is 10.3 Å². The molecule has 2 heterocycles. The van der Waals surface area contributed by atoms with E-state index >= 15 is 0 Å². The number of aromatic nitrogens is 4. The van der Waals surface area contributed by atoms with E-state index in [4.69, 9.17) is 11.6 Å². The van der Waals surface area contributed by atoms with E-state index in [1.807, 2.05) is 0 Å². The van der Waals surface area contributed by atoms with Crippen LogP contribution in [0.1, 0.15) is 10.4 Å². The maximum Gasteiger partial charge on any atom is 0.261 e. The largest absolute Gasteiger partial charge is 0.341 e. The van der Waals surface area contributed by atoms with E-state index in [1.54, 1.807) is 0 Å². The predicted molar refractivity (Wildman–Crippen MR) is 78.7 cm³/mol. The first-order valence-corrected chi connectivity index (χ1v) is 6.84. The third kappa shape index (κ3) is 2.72. The zero-order valence-electron chi connectivity index (χ0n) is 10.2. The number of nitrogens with zero attached hydrogens (tertiary/aromatic N) is 3. The minimum absolute atomic E-state index is 0.0519. The molecule has 1 aromatic carbocycles. The van der Waals surface area contributed by atoms with Crippen molar-refractivity contribution in [3.8, 4) is 0 Å². The van der Waals surface area contributed by atoms with Gasteiger partial charge >= 0.3 is 0 Å². The molecule has 0 saturated heterocycles. The Balaban J connectivity index is 1.94. The number of fused-ring (bicyclic) bond motifs is 1. The minimum atomic E-state index is -0.681. The summed E-state index contributed by atoms with van der Waals surface area (Å²) in [6.07, 6.45) is 1.41. The second kappa shape index (κ2) is 5.38. The molecular weight excluding hydrogens is 365 g/mol. The molecule has 0 spiro atoms. The van der Waals surface area contributed by atoms with E-state index < -0.39 is 11.7 Å². The third-order valence-corrected chi connectivity index (χ3v) is 3.41. The average molecular weight is 371 g/mol. The molecular formula is C12H6BrClFN5O. The number of benzene rings is 1. The number of amides is 1. The van der Waals surface area contributed by atoms with Gasteiger partial charge in [-0.15, -0.1) is 0 Å². The van der Waals surface area contributed by atoms with Crippen LogP contribution in [0.5, 0.6) is 0 Å². The number of halogens is 3. The molecule has 0 unspecified atom stereocenters. The number of H-pyrrole nitrogens is 1. The third-order valence-electron chi connectivity index (χ3n) is 2.64. The second-order valence-corrected chi connectivity index (χ2v) is 5.29. The van der Waals surface area contributed by atoms with Gasteiger partial charge in [-0.2, -0.15) is 9.97 Å². The molecule has 9 heteroatoms. The summed E-state index contributed by atoms with van der Waals surface area (Å²) in [5.74, 6) is -1.38. The van der Waals surface area contributed by atoms with Crippen LogP contribution < -0.4 is 5.32 Å². The molecule has 1 amide bonds. The summed E-state index contributed by atoms with van der Waals surface area (Å²) >= 11 is 9.11. The normalized spacial score (nSPS) is 10.8. The summed E-state index contributed by atoms with van der Waals surface area (Å²) in [4.78, 5) is 26.7. The Kier molecular flexibility index (Phi) is 3.56. The van der Waals surface area contributed by atoms with Gasteiger partial charge in [-0.05, 0) is 18.2 Å². The van der Waals surface area contributed by atoms with Crippen LogP contribution in [0.25, 0.3) is 11.2 Å². The molecule has 106 valence electrons. The summed E-state index contributed by atoms with van der Waals surface area (Å²) in [6.45, 7) is 0. The van der Waals surface area contributed by atoms with Crippen molar-refractivity contribution in [2.75, 3.05) is 5.32 Å². The van der Waals surface area contributed by atoms with E-state index in [2.05, 4.69) is 41.2 Å². The lowest BCUT2D eigenvalue weighted by Crippen LogP contribution is -2.16. The van der Waals surface area contributed by atoms with Crippen LogP contribution >= 0.6 is 27.5 Å². The van der Waals surface area contributed by atoms with Gasteiger partial charge in [-0.25, -0.2) is 9.37 Å². The van der Waals surface area contributed by atoms with Gasteiger partial charge < -0.3 is 4.98 Å². The van der Waals surface area contributed by atoms with Crippen LogP contribution in [0, 0.1) is 5.82 Å². The number of carbonyl (C=O) groups excluding carboxylic acids is 1. The number of nitrogens with one attached hydrogen (secondary N) is 2. The van der Waals surface area contributed by atoms with Crippen molar-refractivity contribution in [2.24, 2.45) is 0 Å². The molecule has 3 rings (SSSR count). The van der Waals surface area contributed by atoms with Gasteiger partial charge in [0.15, 0.2) is 10.8 Å². The number of anilines is 1. The van der Waals surface area contributed by atoms with E-state index in [0.717, 1.165) is 0 Å². The zero-order valence-corrected chi connectivity index (χ0v) is 12.5. The SMILES string of the molecule is O=C(Nc1nc(Cl)c2[nH]cnc2n1)c1cc(Br)ccc1F. The quantitative estimate of drug-likeness (QED) is 0.679. The highest BCUT2D eigenvalue weighted by atomic mass is 79.9. The van der Waals surface area contributed by atoms with Crippen molar-refractivity contribution in [2.45, 2.75) is 0 Å². The number of hydrogen-bond donors (Lipinski definition) is 2. The molecule has 3 aromatic rings. The van der Waals surface area contributed by atoms with Crippen LogP contribution in [0.2, 0.25) is 5.15 Å². The molecule has 2 N–H and O–H groups in total. The molecule has 0 fully saturated rings. The van der Waals surface area contributed by atoms with Gasteiger partial charge in [-0.1, -0.05) is 27.5 Å². The zero-order chi connectivity index (χ0) is 15.0. The Labute approximate surface area is 130 Å². The number of rotatable bonds is 2. The fourth-order valence-corrected chi connectivity index (χ4v) is 2.27. The van der Waals surface area contributed by atoms with E-state index in [1.165, 1.54) is 24.5 Å². The van der Waals surface area contributed by atoms with Gasteiger partial charge in [0.1, 0.15) is 11.3 Å². The summed E-state index contributed by atoms with van der Waals surface area (Å²) < 4.78 is 14.2. The Morgan fingerprint density at radius 2 is 2.19 bits per heavy atom. The topological polar surface area (TPSA) is 83.6 Å². The first kappa shape index (κ1) is 13.9. The molecule has 0 saturated carbocycles. The van der Waals surface area contributed by atoms with Crippen molar-refractivity contribution in [1.29, 1.82) is 0 Å². The van der Waals surface area contributed by atoms with Gasteiger partial charge in [0.05, 0.1) is 11.9 Å². The van der Waals surface area contributed by atoms with E-state index in [9.17, 15) is 9.18 Å². The van der Waals surface area contributed by atoms with E-state index in [-0.39, 0.29) is 16.7 Å². The molecule has 0 radical (unpaired) electrons. The van der Waals surface area contributed by atoms with E-state index in [0.29, 0.717) is 15.6 Å². The lowest BCUT2D eigenvalue weighted by atomic mass is 10.2. The standard InChI is InChI=1S/C12H6BrClFN5O/c13-5-1-2-7(15)6(3-5)11(21)20-12-18-9(14)8-10(19-12)17-4-16-8/h1-4H,(H2,16,17,18,19,20,21). The summed E-state index contributed by atoms with van der Waals surface area (Å²) in [7, 11) is 0. The molecule has 6 nitrogen and oxygen atoms in total. The highest BCUT2D eigenvalue weighted by Crippen LogP contribution is 2.20. The van der Waals surface area contributed by atoms with Crippen LogP contribution in [-0.4, -0.2) is 25.8 Å². The maximum atomic E-state index is 13.6. The fraction of sp³-hybridized carbons (Fsp3) is 0. The summed E-state index contributed by atoms with van der Waals surface area (Å²) in [5.41, 5.74) is 0.634. The lowest BCUT2D eigenvalue weighted by Gasteiger charge is -2.05. The molecule has 0 atom stereocenters. The average Bonchev–Trinajstić information content (AvgIpc) is 2.90. The smallest absolute Gasteiger partial charge is 0.261 e. The summed E-state index contributed by atoms with van der Waals surface area (Å²) in [6, 6.07) is 4.04. The Hall–Kier alpha value is -2.06. The molecule has 0 aliphatic heterocycles. The van der Waals surface area contributed by atoms with Gasteiger partial charge in [0, 0.05) is 4.47 Å². The van der Waals surface area contributed by atoms with Crippen LogP contribution in [-0.2, 0) is 0 Å². The van der Waals surface area contributed by atoms with Crippen molar-refractivity contribution in [3.05, 3.63) is 45.5 Å². The lowest BCUT2D eigenvalue weighted by molar-refractivity contribution is 0.102. The second-order valence-electron chi connectivity index (χ2n) is 4.02. The number of imidazole rings is 1. The number of hydrogen-bond acceptors (Lipinski definition) is 4. The first-order valence-electron chi connectivity index (χ1n) is 5.67. The van der Waals surface area contributed by atoms with Gasteiger partial charge in [0.2, 0.25) is 5.95 Å². The van der Waals surface area contributed by atoms with Gasteiger partial charge in [-0.3, -0.25) is 10.1 Å². The maximum absolute atomic E-state index is 13.6. The van der Waals surface area contributed by atoms with Crippen molar-refractivity contribution >= 4 is 50.6 Å². The van der Waals surface area contributed by atoms with Crippen molar-refractivity contribution in [3.63, 3.8) is 0 Å². The summed E-state index contributed by atoms with van der Waals surface area (Å²) in [5, 5.41) is 2.50. The van der Waals surface area contributed by atoms with Crippen LogP contribution in [0.3, 0.4) is 0 Å². The first-order chi connectivity index (χ1) is 10.0. The highest BCUT2D eigenvalue weighted by Gasteiger charge is 2.15.